The molecule has 9 heteroatoms. The number of hydrogen-bond donors (Lipinski definition) is 2. The molecule has 0 aliphatic rings. The highest BCUT2D eigenvalue weighted by Crippen LogP contribution is 2.17. The van der Waals surface area contributed by atoms with Crippen molar-refractivity contribution in [3.8, 4) is 0 Å². The number of hydrogen-bond acceptors (Lipinski definition) is 9. The van der Waals surface area contributed by atoms with Crippen LogP contribution in [0.5, 0.6) is 0 Å². The second kappa shape index (κ2) is 31.3. The van der Waals surface area contributed by atoms with Crippen LogP contribution in [0.3, 0.4) is 0 Å². The predicted molar refractivity (Wildman–Crippen MR) is 209 cm³/mol. The van der Waals surface area contributed by atoms with Crippen molar-refractivity contribution < 1.29 is 19.1 Å². The first-order chi connectivity index (χ1) is 24.4. The van der Waals surface area contributed by atoms with Crippen LogP contribution in [0.2, 0.25) is 0 Å². The number of carbonyl (C=O) groups is 2. The fraction of sp³-hybridized carbons (Fsp3) is 0.854. The highest BCUT2D eigenvalue weighted by molar-refractivity contribution is 5.73. The third-order valence-corrected chi connectivity index (χ3v) is 9.64. The van der Waals surface area contributed by atoms with Gasteiger partial charge in [0.2, 0.25) is 0 Å². The summed E-state index contributed by atoms with van der Waals surface area (Å²) in [4.78, 5) is 50.5. The van der Waals surface area contributed by atoms with Crippen LogP contribution in [-0.2, 0) is 19.1 Å². The van der Waals surface area contributed by atoms with Crippen molar-refractivity contribution in [1.82, 2.24) is 4.90 Å². The normalized spacial score (nSPS) is 12.0. The average molecular weight is 706 g/mol. The van der Waals surface area contributed by atoms with Gasteiger partial charge in [-0.3, -0.25) is 19.2 Å². The number of unbranched alkanes of at least 4 members (excludes halogenated alkanes) is 15. The minimum Gasteiger partial charge on any atom is -0.466 e. The van der Waals surface area contributed by atoms with Gasteiger partial charge in [0.25, 0.3) is 10.9 Å². The van der Waals surface area contributed by atoms with Crippen LogP contribution in [0.4, 0.5) is 11.4 Å². The number of anilines is 2. The minimum atomic E-state index is -0.442. The van der Waals surface area contributed by atoms with Gasteiger partial charge in [-0.05, 0) is 77.4 Å². The number of carbonyl (C=O) groups excluding carboxylic acids is 2. The highest BCUT2D eigenvalue weighted by Gasteiger charge is 2.19. The maximum absolute atomic E-state index is 12.5. The molecule has 0 amide bonds. The lowest BCUT2D eigenvalue weighted by Crippen LogP contribution is -2.37. The Kier molecular flexibility index (Phi) is 28.6. The molecule has 0 spiro atoms. The van der Waals surface area contributed by atoms with Crippen LogP contribution in [0.15, 0.2) is 9.59 Å². The molecular formula is C41H75N3O6. The Morgan fingerprint density at radius 1 is 0.580 bits per heavy atom. The van der Waals surface area contributed by atoms with Crippen LogP contribution in [0.1, 0.15) is 181 Å². The van der Waals surface area contributed by atoms with E-state index in [4.69, 9.17) is 9.47 Å². The molecule has 1 aromatic rings. The summed E-state index contributed by atoms with van der Waals surface area (Å²) >= 11 is 0. The van der Waals surface area contributed by atoms with Crippen LogP contribution in [-0.4, -0.2) is 62.8 Å². The van der Waals surface area contributed by atoms with Crippen molar-refractivity contribution in [2.75, 3.05) is 50.5 Å². The molecule has 0 bridgehead atoms. The van der Waals surface area contributed by atoms with E-state index in [1.165, 1.54) is 32.1 Å². The molecule has 0 saturated heterocycles. The minimum absolute atomic E-state index is 0.0258. The molecule has 1 atom stereocenters. The second-order valence-corrected chi connectivity index (χ2v) is 14.2. The Bertz CT molecular complexity index is 1050. The summed E-state index contributed by atoms with van der Waals surface area (Å²) in [5, 5.41) is 5.98. The first-order valence-electron chi connectivity index (χ1n) is 20.7. The first-order valence-corrected chi connectivity index (χ1v) is 20.7. The molecule has 0 aliphatic heterocycles. The van der Waals surface area contributed by atoms with E-state index in [1.807, 2.05) is 0 Å². The monoisotopic (exact) mass is 706 g/mol. The molecule has 50 heavy (non-hydrogen) atoms. The summed E-state index contributed by atoms with van der Waals surface area (Å²) in [5.74, 6) is -0.0767. The van der Waals surface area contributed by atoms with Gasteiger partial charge in [-0.15, -0.1) is 0 Å². The van der Waals surface area contributed by atoms with Crippen molar-refractivity contribution in [1.29, 1.82) is 0 Å². The molecule has 0 saturated carbocycles. The molecule has 0 aliphatic carbocycles. The Balaban J connectivity index is 2.31. The maximum atomic E-state index is 12.5. The van der Waals surface area contributed by atoms with E-state index < -0.39 is 10.9 Å². The van der Waals surface area contributed by atoms with Crippen LogP contribution in [0.25, 0.3) is 0 Å². The van der Waals surface area contributed by atoms with Crippen LogP contribution < -0.4 is 21.5 Å². The van der Waals surface area contributed by atoms with Crippen molar-refractivity contribution in [2.45, 2.75) is 187 Å². The van der Waals surface area contributed by atoms with Crippen molar-refractivity contribution in [3.05, 3.63) is 20.4 Å². The predicted octanol–water partition coefficient (Wildman–Crippen LogP) is 9.31. The molecule has 0 fully saturated rings. The number of nitrogens with one attached hydrogen (secondary N) is 2. The van der Waals surface area contributed by atoms with E-state index >= 15 is 0 Å². The van der Waals surface area contributed by atoms with Gasteiger partial charge in [0.1, 0.15) is 17.5 Å². The molecule has 290 valence electrons. The van der Waals surface area contributed by atoms with E-state index in [2.05, 4.69) is 36.3 Å². The van der Waals surface area contributed by atoms with Gasteiger partial charge in [-0.2, -0.15) is 0 Å². The molecular weight excluding hydrogens is 630 g/mol. The molecule has 1 rings (SSSR count). The van der Waals surface area contributed by atoms with Gasteiger partial charge >= 0.3 is 11.9 Å². The van der Waals surface area contributed by atoms with E-state index in [0.29, 0.717) is 37.4 Å². The molecule has 2 N–H and O–H groups in total. The smallest absolute Gasteiger partial charge is 0.306 e. The zero-order chi connectivity index (χ0) is 36.7. The van der Waals surface area contributed by atoms with E-state index in [0.717, 1.165) is 135 Å². The Labute approximate surface area is 305 Å². The quantitative estimate of drug-likeness (QED) is 0.0401. The molecule has 0 heterocycles. The fourth-order valence-electron chi connectivity index (χ4n) is 6.45. The summed E-state index contributed by atoms with van der Waals surface area (Å²) in [7, 11) is 1.66. The van der Waals surface area contributed by atoms with Gasteiger partial charge in [0.15, 0.2) is 0 Å². The second-order valence-electron chi connectivity index (χ2n) is 14.2. The zero-order valence-corrected chi connectivity index (χ0v) is 32.7. The average Bonchev–Trinajstić information content (AvgIpc) is 3.11. The van der Waals surface area contributed by atoms with Gasteiger partial charge in [-0.1, -0.05) is 111 Å². The lowest BCUT2D eigenvalue weighted by Gasteiger charge is -2.23. The molecule has 0 radical (unpaired) electrons. The molecule has 1 unspecified atom stereocenters. The van der Waals surface area contributed by atoms with Gasteiger partial charge in [0, 0.05) is 26.4 Å². The topological polar surface area (TPSA) is 114 Å². The number of rotatable bonds is 36. The summed E-state index contributed by atoms with van der Waals surface area (Å²) in [6.07, 6.45) is 26.3. The Hall–Kier alpha value is -2.42. The van der Waals surface area contributed by atoms with Crippen molar-refractivity contribution in [3.63, 3.8) is 0 Å². The van der Waals surface area contributed by atoms with Gasteiger partial charge < -0.3 is 25.0 Å². The highest BCUT2D eigenvalue weighted by atomic mass is 16.5. The first kappa shape index (κ1) is 45.6. The summed E-state index contributed by atoms with van der Waals surface area (Å²) in [6, 6.07) is 0. The third-order valence-electron chi connectivity index (χ3n) is 9.64. The van der Waals surface area contributed by atoms with Crippen molar-refractivity contribution >= 4 is 23.3 Å². The zero-order valence-electron chi connectivity index (χ0n) is 32.7. The van der Waals surface area contributed by atoms with Gasteiger partial charge in [-0.25, -0.2) is 0 Å². The number of nitrogens with zero attached hydrogens (tertiary/aromatic N) is 1. The summed E-state index contributed by atoms with van der Waals surface area (Å²) in [5.41, 5.74) is -0.0675. The Morgan fingerprint density at radius 3 is 1.72 bits per heavy atom. The number of esters is 2. The van der Waals surface area contributed by atoms with Crippen molar-refractivity contribution in [2.24, 2.45) is 0 Å². The standard InChI is InChI=1S/C41H75N3O6/c1-5-8-11-14-20-28-36(45)49-34-24-18-13-17-23-32-44(33-25-30-43-39-38(42-4)40(47)41(39)48)31-22-16-12-15-21-29-37(46)50-35(26-10-7-3)27-19-9-6-2/h35,42-43H,5-34H2,1-4H3. The largest absolute Gasteiger partial charge is 0.466 e. The maximum Gasteiger partial charge on any atom is 0.306 e. The van der Waals surface area contributed by atoms with E-state index in [-0.39, 0.29) is 18.0 Å². The molecule has 9 nitrogen and oxygen atoms in total. The molecule has 1 aromatic carbocycles. The number of ether oxygens (including phenoxy) is 2. The van der Waals surface area contributed by atoms with Crippen LogP contribution in [0, 0.1) is 0 Å². The third kappa shape index (κ3) is 22.4. The lowest BCUT2D eigenvalue weighted by atomic mass is 10.1. The summed E-state index contributed by atoms with van der Waals surface area (Å²) in [6.45, 7) is 10.8. The summed E-state index contributed by atoms with van der Waals surface area (Å²) < 4.78 is 11.3. The SMILES string of the molecule is CCCCCCCC(=O)OCCCCCCCN(CCCCCCCC(=O)OC(CCCC)CCCCC)CCCNc1c(NC)c(=O)c1=O. The van der Waals surface area contributed by atoms with Crippen LogP contribution >= 0.6 is 0 Å². The fourth-order valence-corrected chi connectivity index (χ4v) is 6.45. The van der Waals surface area contributed by atoms with E-state index in [1.54, 1.807) is 7.05 Å². The molecule has 0 aromatic heterocycles. The van der Waals surface area contributed by atoms with Gasteiger partial charge in [0.05, 0.1) is 6.61 Å². The Morgan fingerprint density at radius 2 is 1.08 bits per heavy atom. The lowest BCUT2D eigenvalue weighted by molar-refractivity contribution is -0.150. The van der Waals surface area contributed by atoms with E-state index in [9.17, 15) is 19.2 Å².